The Morgan fingerprint density at radius 1 is 0.947 bits per heavy atom. The van der Waals surface area contributed by atoms with Gasteiger partial charge < -0.3 is 25.4 Å². The second-order valence-electron chi connectivity index (χ2n) is 9.66. The first-order valence-corrected chi connectivity index (χ1v) is 12.1. The number of hydrogen-bond acceptors (Lipinski definition) is 7. The first-order chi connectivity index (χ1) is 18.0. The Kier molecular flexibility index (Phi) is 9.19. The number of carbonyl (C=O) groups is 5. The highest BCUT2D eigenvalue weighted by atomic mass is 16.6. The molecule has 0 saturated carbocycles. The number of nitrogens with one attached hydrogen (secondary N) is 3. The third kappa shape index (κ3) is 7.62. The van der Waals surface area contributed by atoms with Crippen LogP contribution in [-0.4, -0.2) is 67.0 Å². The largest absolute Gasteiger partial charge is 0.444 e. The number of alkyl carbamates (subject to hydrolysis) is 1. The zero-order chi connectivity index (χ0) is 27.9. The Hall–Kier alpha value is -4.25. The molecule has 1 aliphatic heterocycles. The lowest BCUT2D eigenvalue weighted by atomic mass is 10.1. The summed E-state index contributed by atoms with van der Waals surface area (Å²) in [6.45, 7) is 5.77. The van der Waals surface area contributed by atoms with Gasteiger partial charge >= 0.3 is 6.09 Å². The van der Waals surface area contributed by atoms with Crippen LogP contribution in [0.5, 0.6) is 0 Å². The molecule has 0 atom stereocenters. The van der Waals surface area contributed by atoms with Crippen LogP contribution in [0.3, 0.4) is 0 Å². The second-order valence-corrected chi connectivity index (χ2v) is 9.66. The molecule has 11 nitrogen and oxygen atoms in total. The number of carbonyl (C=O) groups excluding carboxylic acids is 5. The van der Waals surface area contributed by atoms with Crippen molar-refractivity contribution >= 4 is 35.4 Å². The van der Waals surface area contributed by atoms with Crippen LogP contribution in [0, 0.1) is 0 Å². The lowest BCUT2D eigenvalue weighted by molar-refractivity contribution is -0.120. The Balaban J connectivity index is 1.56. The van der Waals surface area contributed by atoms with Crippen LogP contribution in [0.1, 0.15) is 63.8 Å². The van der Waals surface area contributed by atoms with E-state index < -0.39 is 29.4 Å². The quantitative estimate of drug-likeness (QED) is 0.320. The first kappa shape index (κ1) is 28.3. The average molecular weight is 525 g/mol. The van der Waals surface area contributed by atoms with Crippen molar-refractivity contribution in [3.8, 4) is 0 Å². The third-order valence-electron chi connectivity index (χ3n) is 5.43. The van der Waals surface area contributed by atoms with Gasteiger partial charge in [-0.05, 0) is 63.1 Å². The minimum atomic E-state index is -0.686. The number of fused-ring (bicyclic) bond motifs is 1. The van der Waals surface area contributed by atoms with E-state index in [2.05, 4.69) is 16.0 Å². The predicted octanol–water partition coefficient (Wildman–Crippen LogP) is 2.71. The Labute approximate surface area is 220 Å². The molecule has 2 aromatic carbocycles. The van der Waals surface area contributed by atoms with Gasteiger partial charge in [0.05, 0.1) is 11.1 Å². The summed E-state index contributed by atoms with van der Waals surface area (Å²) in [6.07, 6.45) is -0.166. The van der Waals surface area contributed by atoms with Gasteiger partial charge in [-0.3, -0.25) is 24.1 Å². The zero-order valence-corrected chi connectivity index (χ0v) is 21.9. The minimum absolute atomic E-state index is 0.174. The average Bonchev–Trinajstić information content (AvgIpc) is 3.10. The highest BCUT2D eigenvalue weighted by Crippen LogP contribution is 2.25. The van der Waals surface area contributed by atoms with Crippen molar-refractivity contribution in [1.29, 1.82) is 0 Å². The standard InChI is InChI=1S/C27H32N4O7/c1-27(2,3)38-26(36)29-16-22(32)28-15-17-7-5-8-19(13-17)30-23(33)18-9-10-20-21(14-18)25(35)31(24(20)34)11-6-12-37-4/h5,7-10,13-14H,6,11-12,15-16H2,1-4H3,(H,28,32)(H,29,36)(H,30,33). The number of methoxy groups -OCH3 is 1. The van der Waals surface area contributed by atoms with E-state index in [0.29, 0.717) is 18.7 Å². The molecule has 0 aromatic heterocycles. The van der Waals surface area contributed by atoms with Gasteiger partial charge in [0.25, 0.3) is 17.7 Å². The van der Waals surface area contributed by atoms with E-state index >= 15 is 0 Å². The van der Waals surface area contributed by atoms with Gasteiger partial charge in [-0.25, -0.2) is 4.79 Å². The molecule has 2 aromatic rings. The summed E-state index contributed by atoms with van der Waals surface area (Å²) in [7, 11) is 1.55. The van der Waals surface area contributed by atoms with E-state index in [0.717, 1.165) is 10.5 Å². The third-order valence-corrected chi connectivity index (χ3v) is 5.43. The van der Waals surface area contributed by atoms with Crippen LogP contribution in [0.2, 0.25) is 0 Å². The molecule has 1 heterocycles. The lowest BCUT2D eigenvalue weighted by Crippen LogP contribution is -2.39. The van der Waals surface area contributed by atoms with Crippen LogP contribution in [-0.2, 0) is 20.8 Å². The van der Waals surface area contributed by atoms with Crippen LogP contribution in [0.15, 0.2) is 42.5 Å². The number of benzene rings is 2. The molecule has 0 saturated heterocycles. The number of ether oxygens (including phenoxy) is 2. The number of hydrogen-bond donors (Lipinski definition) is 3. The maximum atomic E-state index is 12.9. The smallest absolute Gasteiger partial charge is 0.408 e. The molecule has 0 bridgehead atoms. The molecule has 0 unspecified atom stereocenters. The van der Waals surface area contributed by atoms with Crippen LogP contribution in [0.4, 0.5) is 10.5 Å². The van der Waals surface area contributed by atoms with Gasteiger partial charge in [0, 0.05) is 38.1 Å². The fourth-order valence-electron chi connectivity index (χ4n) is 3.69. The van der Waals surface area contributed by atoms with E-state index in [9.17, 15) is 24.0 Å². The van der Waals surface area contributed by atoms with E-state index in [1.807, 2.05) is 0 Å². The summed E-state index contributed by atoms with van der Waals surface area (Å²) in [6, 6.07) is 11.3. The SMILES string of the molecule is COCCCN1C(=O)c2ccc(C(=O)Nc3cccc(CNC(=O)CNC(=O)OC(C)(C)C)c3)cc2C1=O. The first-order valence-electron chi connectivity index (χ1n) is 12.1. The lowest BCUT2D eigenvalue weighted by Gasteiger charge is -2.19. The van der Waals surface area contributed by atoms with Gasteiger partial charge in [-0.2, -0.15) is 0 Å². The molecular weight excluding hydrogens is 492 g/mol. The number of imide groups is 1. The summed E-state index contributed by atoms with van der Waals surface area (Å²) in [5, 5.41) is 7.84. The van der Waals surface area contributed by atoms with Crippen molar-refractivity contribution in [2.45, 2.75) is 39.3 Å². The second kappa shape index (κ2) is 12.3. The molecule has 1 aliphatic rings. The molecule has 3 N–H and O–H groups in total. The molecule has 0 radical (unpaired) electrons. The van der Waals surface area contributed by atoms with Crippen LogP contribution >= 0.6 is 0 Å². The summed E-state index contributed by atoms with van der Waals surface area (Å²) >= 11 is 0. The molecule has 202 valence electrons. The summed E-state index contributed by atoms with van der Waals surface area (Å²) in [4.78, 5) is 63.0. The Bertz CT molecular complexity index is 1240. The van der Waals surface area contributed by atoms with Gasteiger partial charge in [0.1, 0.15) is 12.1 Å². The Morgan fingerprint density at radius 2 is 1.68 bits per heavy atom. The van der Waals surface area contributed by atoms with Crippen LogP contribution < -0.4 is 16.0 Å². The number of rotatable bonds is 10. The molecule has 0 aliphatic carbocycles. The molecular formula is C27H32N4O7. The monoisotopic (exact) mass is 524 g/mol. The number of anilines is 1. The molecule has 11 heteroatoms. The maximum absolute atomic E-state index is 12.9. The summed E-state index contributed by atoms with van der Waals surface area (Å²) in [5.41, 5.74) is 1.23. The maximum Gasteiger partial charge on any atom is 0.408 e. The van der Waals surface area contributed by atoms with Gasteiger partial charge in [-0.15, -0.1) is 0 Å². The van der Waals surface area contributed by atoms with Crippen molar-refractivity contribution in [3.05, 3.63) is 64.7 Å². The summed E-state index contributed by atoms with van der Waals surface area (Å²) in [5.74, 6) is -1.67. The minimum Gasteiger partial charge on any atom is -0.444 e. The van der Waals surface area contributed by atoms with Crippen molar-refractivity contribution in [1.82, 2.24) is 15.5 Å². The Morgan fingerprint density at radius 3 is 2.39 bits per heavy atom. The van der Waals surface area contributed by atoms with E-state index in [1.165, 1.54) is 18.2 Å². The molecule has 0 spiro atoms. The summed E-state index contributed by atoms with van der Waals surface area (Å²) < 4.78 is 10.1. The fourth-order valence-corrected chi connectivity index (χ4v) is 3.69. The van der Waals surface area contributed by atoms with Crippen molar-refractivity contribution in [3.63, 3.8) is 0 Å². The van der Waals surface area contributed by atoms with Gasteiger partial charge in [0.2, 0.25) is 5.91 Å². The normalized spacial score (nSPS) is 12.7. The molecule has 0 fully saturated rings. The van der Waals surface area contributed by atoms with Crippen LogP contribution in [0.25, 0.3) is 0 Å². The predicted molar refractivity (Wildman–Crippen MR) is 139 cm³/mol. The van der Waals surface area contributed by atoms with Gasteiger partial charge in [0.15, 0.2) is 0 Å². The van der Waals surface area contributed by atoms with Gasteiger partial charge in [-0.1, -0.05) is 12.1 Å². The van der Waals surface area contributed by atoms with Crippen molar-refractivity contribution in [2.75, 3.05) is 32.1 Å². The highest BCUT2D eigenvalue weighted by molar-refractivity contribution is 6.22. The van der Waals surface area contributed by atoms with Crippen molar-refractivity contribution in [2.24, 2.45) is 0 Å². The topological polar surface area (TPSA) is 143 Å². The van der Waals surface area contributed by atoms with Crippen molar-refractivity contribution < 1.29 is 33.4 Å². The fraction of sp³-hybridized carbons (Fsp3) is 0.370. The highest BCUT2D eigenvalue weighted by Gasteiger charge is 2.35. The zero-order valence-electron chi connectivity index (χ0n) is 21.9. The number of amides is 5. The molecule has 3 rings (SSSR count). The molecule has 5 amide bonds. The van der Waals surface area contributed by atoms with E-state index in [4.69, 9.17) is 9.47 Å². The number of nitrogens with zero attached hydrogens (tertiary/aromatic N) is 1. The van der Waals surface area contributed by atoms with E-state index in [1.54, 1.807) is 52.1 Å². The van der Waals surface area contributed by atoms with E-state index in [-0.39, 0.29) is 42.2 Å². The molecule has 38 heavy (non-hydrogen) atoms.